The van der Waals surface area contributed by atoms with Gasteiger partial charge < -0.3 is 5.32 Å². The number of hydrogen-bond acceptors (Lipinski definition) is 1. The van der Waals surface area contributed by atoms with Crippen LogP contribution in [0.2, 0.25) is 0 Å². The van der Waals surface area contributed by atoms with E-state index >= 15 is 0 Å². The minimum atomic E-state index is -0.182. The van der Waals surface area contributed by atoms with Gasteiger partial charge in [0.15, 0.2) is 0 Å². The lowest BCUT2D eigenvalue weighted by atomic mass is 10.0. The summed E-state index contributed by atoms with van der Waals surface area (Å²) in [7, 11) is 0. The van der Waals surface area contributed by atoms with Gasteiger partial charge >= 0.3 is 0 Å². The van der Waals surface area contributed by atoms with E-state index in [1.807, 2.05) is 6.07 Å². The summed E-state index contributed by atoms with van der Waals surface area (Å²) in [6.07, 6.45) is 2.53. The van der Waals surface area contributed by atoms with E-state index in [1.165, 1.54) is 30.0 Å². The normalized spacial score (nSPS) is 15.9. The van der Waals surface area contributed by atoms with Crippen LogP contribution in [0.15, 0.2) is 42.5 Å². The lowest BCUT2D eigenvalue weighted by molar-refractivity contribution is 0.626. The summed E-state index contributed by atoms with van der Waals surface area (Å²) in [4.78, 5) is 0. The third-order valence-corrected chi connectivity index (χ3v) is 4.66. The molecule has 0 aliphatic heterocycles. The highest BCUT2D eigenvalue weighted by Gasteiger charge is 2.32. The van der Waals surface area contributed by atoms with Gasteiger partial charge in [-0.25, -0.2) is 4.39 Å². The van der Waals surface area contributed by atoms with Gasteiger partial charge in [0.1, 0.15) is 5.82 Å². The number of anilines is 1. The second-order valence-corrected chi connectivity index (χ2v) is 6.66. The first-order valence-electron chi connectivity index (χ1n) is 6.91. The first-order chi connectivity index (χ1) is 9.63. The minimum absolute atomic E-state index is 0.182. The quantitative estimate of drug-likeness (QED) is 0.709. The molecule has 20 heavy (non-hydrogen) atoms. The molecule has 1 atom stereocenters. The van der Waals surface area contributed by atoms with Crippen molar-refractivity contribution in [1.29, 1.82) is 0 Å². The molecule has 1 saturated carbocycles. The van der Waals surface area contributed by atoms with Gasteiger partial charge in [-0.15, -0.1) is 0 Å². The van der Waals surface area contributed by atoms with Crippen LogP contribution in [0.3, 0.4) is 0 Å². The predicted octanol–water partition coefficient (Wildman–Crippen LogP) is 5.30. The number of nitrogens with one attached hydrogen (secondary N) is 1. The summed E-state index contributed by atoms with van der Waals surface area (Å²) < 4.78 is 14.1. The summed E-state index contributed by atoms with van der Waals surface area (Å²) >= 11 is 2.19. The summed E-state index contributed by atoms with van der Waals surface area (Å²) in [5.74, 6) is 0.511. The molecular weight excluding hydrogens is 364 g/mol. The third-order valence-electron chi connectivity index (χ3n) is 3.77. The maximum absolute atomic E-state index is 13.2. The lowest BCUT2D eigenvalue weighted by Gasteiger charge is -2.21. The molecule has 1 fully saturated rings. The van der Waals surface area contributed by atoms with Crippen molar-refractivity contribution >= 4 is 28.3 Å². The molecule has 0 spiro atoms. The van der Waals surface area contributed by atoms with Crippen LogP contribution in [0.25, 0.3) is 0 Å². The molecule has 3 rings (SSSR count). The topological polar surface area (TPSA) is 12.0 Å². The molecule has 1 N–H and O–H groups in total. The Bertz CT molecular complexity index is 605. The molecule has 0 aromatic heterocycles. The first-order valence-corrected chi connectivity index (χ1v) is 7.99. The Morgan fingerprint density at radius 2 is 1.85 bits per heavy atom. The van der Waals surface area contributed by atoms with E-state index < -0.39 is 0 Å². The van der Waals surface area contributed by atoms with Crippen LogP contribution in [0.5, 0.6) is 0 Å². The van der Waals surface area contributed by atoms with Gasteiger partial charge in [-0.3, -0.25) is 0 Å². The van der Waals surface area contributed by atoms with Crippen molar-refractivity contribution in [2.75, 3.05) is 5.32 Å². The minimum Gasteiger partial charge on any atom is -0.377 e. The largest absolute Gasteiger partial charge is 0.377 e. The van der Waals surface area contributed by atoms with E-state index in [0.29, 0.717) is 12.0 Å². The van der Waals surface area contributed by atoms with Gasteiger partial charge in [0.05, 0.1) is 6.04 Å². The fraction of sp³-hybridized carbons (Fsp3) is 0.294. The molecule has 1 aliphatic rings. The van der Waals surface area contributed by atoms with Crippen molar-refractivity contribution in [3.05, 3.63) is 63.0 Å². The molecule has 0 amide bonds. The Labute approximate surface area is 132 Å². The predicted molar refractivity (Wildman–Crippen MR) is 89.4 cm³/mol. The highest BCUT2D eigenvalue weighted by Crippen LogP contribution is 2.43. The molecule has 0 saturated heterocycles. The van der Waals surface area contributed by atoms with Crippen molar-refractivity contribution in [2.45, 2.75) is 25.8 Å². The molecule has 1 aliphatic carbocycles. The van der Waals surface area contributed by atoms with E-state index in [4.69, 9.17) is 0 Å². The Kier molecular flexibility index (Phi) is 3.96. The molecule has 1 unspecified atom stereocenters. The van der Waals surface area contributed by atoms with Crippen molar-refractivity contribution in [3.63, 3.8) is 0 Å². The van der Waals surface area contributed by atoms with E-state index in [2.05, 4.69) is 59.1 Å². The standard InChI is InChI=1S/C17H17FIN/c1-11-2-4-12(5-3-11)17(13-6-7-13)20-16-9-8-14(18)10-15(16)19/h2-5,8-10,13,17,20H,6-7H2,1H3. The number of rotatable bonds is 4. The number of halogens is 2. The van der Waals surface area contributed by atoms with Crippen LogP contribution in [0.1, 0.15) is 30.0 Å². The van der Waals surface area contributed by atoms with E-state index in [1.54, 1.807) is 6.07 Å². The Hall–Kier alpha value is -1.10. The Balaban J connectivity index is 1.86. The maximum Gasteiger partial charge on any atom is 0.124 e. The van der Waals surface area contributed by atoms with Crippen molar-refractivity contribution in [3.8, 4) is 0 Å². The molecular formula is C17H17FIN. The van der Waals surface area contributed by atoms with Crippen LogP contribution >= 0.6 is 22.6 Å². The summed E-state index contributed by atoms with van der Waals surface area (Å²) in [5, 5.41) is 3.60. The molecule has 104 valence electrons. The fourth-order valence-electron chi connectivity index (χ4n) is 2.45. The van der Waals surface area contributed by atoms with Crippen LogP contribution in [-0.2, 0) is 0 Å². The Morgan fingerprint density at radius 3 is 2.45 bits per heavy atom. The molecule has 2 aromatic carbocycles. The average Bonchev–Trinajstić information content (AvgIpc) is 3.24. The van der Waals surface area contributed by atoms with Gasteiger partial charge in [0.2, 0.25) is 0 Å². The zero-order valence-corrected chi connectivity index (χ0v) is 13.5. The summed E-state index contributed by atoms with van der Waals surface area (Å²) in [6.45, 7) is 2.10. The Morgan fingerprint density at radius 1 is 1.15 bits per heavy atom. The fourth-order valence-corrected chi connectivity index (χ4v) is 3.08. The molecule has 0 bridgehead atoms. The summed E-state index contributed by atoms with van der Waals surface area (Å²) in [6, 6.07) is 14.0. The van der Waals surface area contributed by atoms with Crippen molar-refractivity contribution in [2.24, 2.45) is 5.92 Å². The average molecular weight is 381 g/mol. The van der Waals surface area contributed by atoms with E-state index in [0.717, 1.165) is 9.26 Å². The highest BCUT2D eigenvalue weighted by molar-refractivity contribution is 14.1. The molecule has 0 radical (unpaired) electrons. The van der Waals surface area contributed by atoms with Gasteiger partial charge in [0, 0.05) is 9.26 Å². The molecule has 3 heteroatoms. The van der Waals surface area contributed by atoms with Crippen LogP contribution in [0, 0.1) is 22.2 Å². The highest BCUT2D eigenvalue weighted by atomic mass is 127. The van der Waals surface area contributed by atoms with E-state index in [-0.39, 0.29) is 5.82 Å². The van der Waals surface area contributed by atoms with Crippen molar-refractivity contribution in [1.82, 2.24) is 0 Å². The smallest absolute Gasteiger partial charge is 0.124 e. The van der Waals surface area contributed by atoms with Crippen molar-refractivity contribution < 1.29 is 4.39 Å². The number of hydrogen-bond donors (Lipinski definition) is 1. The van der Waals surface area contributed by atoms with Crippen LogP contribution < -0.4 is 5.32 Å². The van der Waals surface area contributed by atoms with Gasteiger partial charge in [-0.1, -0.05) is 29.8 Å². The molecule has 0 heterocycles. The second kappa shape index (κ2) is 5.72. The second-order valence-electron chi connectivity index (χ2n) is 5.49. The third kappa shape index (κ3) is 3.14. The van der Waals surface area contributed by atoms with Gasteiger partial charge in [0.25, 0.3) is 0 Å². The van der Waals surface area contributed by atoms with Crippen LogP contribution in [0.4, 0.5) is 10.1 Å². The lowest BCUT2D eigenvalue weighted by Crippen LogP contribution is -2.13. The zero-order valence-electron chi connectivity index (χ0n) is 11.4. The van der Waals surface area contributed by atoms with Crippen LogP contribution in [-0.4, -0.2) is 0 Å². The van der Waals surface area contributed by atoms with E-state index in [9.17, 15) is 4.39 Å². The maximum atomic E-state index is 13.2. The SMILES string of the molecule is Cc1ccc(C(Nc2ccc(F)cc2I)C2CC2)cc1. The monoisotopic (exact) mass is 381 g/mol. The molecule has 1 nitrogen and oxygen atoms in total. The number of benzene rings is 2. The first kappa shape index (κ1) is 13.9. The number of aryl methyl sites for hydroxylation is 1. The summed E-state index contributed by atoms with van der Waals surface area (Å²) in [5.41, 5.74) is 3.61. The zero-order chi connectivity index (χ0) is 14.1. The van der Waals surface area contributed by atoms with Gasteiger partial charge in [-0.2, -0.15) is 0 Å². The van der Waals surface area contributed by atoms with Gasteiger partial charge in [-0.05, 0) is 72.0 Å². The molecule has 2 aromatic rings.